The molecule has 0 bridgehead atoms. The fourth-order valence-corrected chi connectivity index (χ4v) is 4.15. The third kappa shape index (κ3) is 5.09. The Bertz CT molecular complexity index is 766. The maximum Gasteiger partial charge on any atom is 0.404 e. The highest BCUT2D eigenvalue weighted by Gasteiger charge is 2.31. The number of hydrogen-bond donors (Lipinski definition) is 4. The van der Waals surface area contributed by atoms with Crippen molar-refractivity contribution in [3.8, 4) is 11.5 Å². The van der Waals surface area contributed by atoms with Gasteiger partial charge in [0.15, 0.2) is 0 Å². The monoisotopic (exact) mass is 387 g/mol. The number of nitrogens with one attached hydrogen (secondary N) is 1. The smallest absolute Gasteiger partial charge is 0.404 e. The van der Waals surface area contributed by atoms with Crippen molar-refractivity contribution in [3.63, 3.8) is 0 Å². The summed E-state index contributed by atoms with van der Waals surface area (Å²) in [6.45, 7) is 10.3. The standard InChI is InChI=1S/C23H33NO4/c1-5-6-7-8-16-12-20(25)21(22(26)19(16)13-24-23(27)28)18-11-15(4)9-10-17(18)14(2)3/h11-12,17-18,24-26H,2,5-10,13H2,1,3-4H3,(H,27,28). The van der Waals surface area contributed by atoms with E-state index in [1.165, 1.54) is 5.57 Å². The molecular formula is C23H33NO4. The Morgan fingerprint density at radius 1 is 1.32 bits per heavy atom. The van der Waals surface area contributed by atoms with Crippen LogP contribution in [0.3, 0.4) is 0 Å². The Kier molecular flexibility index (Phi) is 7.55. The first-order valence-corrected chi connectivity index (χ1v) is 10.1. The molecule has 2 rings (SSSR count). The summed E-state index contributed by atoms with van der Waals surface area (Å²) in [7, 11) is 0. The summed E-state index contributed by atoms with van der Waals surface area (Å²) in [5.74, 6) is 0.0407. The van der Waals surface area contributed by atoms with Crippen molar-refractivity contribution in [3.05, 3.63) is 46.6 Å². The Balaban J connectivity index is 2.54. The Hall–Kier alpha value is -2.43. The van der Waals surface area contributed by atoms with Crippen LogP contribution in [0, 0.1) is 5.92 Å². The van der Waals surface area contributed by atoms with Gasteiger partial charge in [-0.3, -0.25) is 0 Å². The number of aryl methyl sites for hydroxylation is 1. The predicted molar refractivity (Wildman–Crippen MR) is 112 cm³/mol. The Labute approximate surface area is 167 Å². The first-order valence-electron chi connectivity index (χ1n) is 10.1. The van der Waals surface area contributed by atoms with Gasteiger partial charge in [0.05, 0.1) is 6.54 Å². The summed E-state index contributed by atoms with van der Waals surface area (Å²) in [6, 6.07) is 1.71. The van der Waals surface area contributed by atoms with Crippen molar-refractivity contribution in [2.24, 2.45) is 5.92 Å². The lowest BCUT2D eigenvalue weighted by Gasteiger charge is -2.32. The zero-order chi connectivity index (χ0) is 20.8. The lowest BCUT2D eigenvalue weighted by Crippen LogP contribution is -2.22. The Morgan fingerprint density at radius 2 is 2.04 bits per heavy atom. The first kappa shape index (κ1) is 21.9. The molecule has 2 atom stereocenters. The molecule has 0 aromatic heterocycles. The zero-order valence-electron chi connectivity index (χ0n) is 17.2. The van der Waals surface area contributed by atoms with Crippen molar-refractivity contribution >= 4 is 6.09 Å². The van der Waals surface area contributed by atoms with Gasteiger partial charge in [-0.25, -0.2) is 4.79 Å². The van der Waals surface area contributed by atoms with E-state index >= 15 is 0 Å². The molecular weight excluding hydrogens is 354 g/mol. The highest BCUT2D eigenvalue weighted by molar-refractivity contribution is 5.65. The highest BCUT2D eigenvalue weighted by atomic mass is 16.4. The van der Waals surface area contributed by atoms with E-state index in [2.05, 4.69) is 31.8 Å². The number of benzene rings is 1. The number of amides is 1. The molecule has 2 unspecified atom stereocenters. The minimum atomic E-state index is -1.14. The average Bonchev–Trinajstić information content (AvgIpc) is 2.61. The third-order valence-corrected chi connectivity index (χ3v) is 5.70. The molecule has 1 aliphatic rings. The first-order chi connectivity index (χ1) is 13.3. The SMILES string of the molecule is C=C(C)C1CCC(C)=CC1c1c(O)cc(CCCCC)c(CNC(=O)O)c1O. The molecule has 0 aliphatic heterocycles. The summed E-state index contributed by atoms with van der Waals surface area (Å²) >= 11 is 0. The highest BCUT2D eigenvalue weighted by Crippen LogP contribution is 2.48. The van der Waals surface area contributed by atoms with E-state index < -0.39 is 6.09 Å². The van der Waals surface area contributed by atoms with Crippen LogP contribution in [0.5, 0.6) is 11.5 Å². The van der Waals surface area contributed by atoms with Gasteiger partial charge in [0.1, 0.15) is 11.5 Å². The molecule has 28 heavy (non-hydrogen) atoms. The average molecular weight is 388 g/mol. The van der Waals surface area contributed by atoms with Crippen molar-refractivity contribution in [1.29, 1.82) is 0 Å². The minimum absolute atomic E-state index is 0.00227. The molecule has 0 radical (unpaired) electrons. The van der Waals surface area contributed by atoms with Gasteiger partial charge >= 0.3 is 6.09 Å². The van der Waals surface area contributed by atoms with Crippen molar-refractivity contribution in [2.45, 2.75) is 71.8 Å². The largest absolute Gasteiger partial charge is 0.507 e. The van der Waals surface area contributed by atoms with Crippen molar-refractivity contribution in [1.82, 2.24) is 5.32 Å². The number of carboxylic acid groups (broad SMARTS) is 1. The van der Waals surface area contributed by atoms with Crippen LogP contribution < -0.4 is 5.32 Å². The molecule has 0 heterocycles. The van der Waals surface area contributed by atoms with Gasteiger partial charge in [-0.2, -0.15) is 0 Å². The molecule has 4 N–H and O–H groups in total. The maximum atomic E-state index is 11.1. The number of phenols is 2. The number of hydrogen-bond acceptors (Lipinski definition) is 3. The third-order valence-electron chi connectivity index (χ3n) is 5.70. The molecule has 0 spiro atoms. The lowest BCUT2D eigenvalue weighted by atomic mass is 9.73. The fraction of sp³-hybridized carbons (Fsp3) is 0.522. The normalized spacial score (nSPS) is 19.2. The summed E-state index contributed by atoms with van der Waals surface area (Å²) in [4.78, 5) is 11.0. The van der Waals surface area contributed by atoms with Crippen LogP contribution in [0.25, 0.3) is 0 Å². The van der Waals surface area contributed by atoms with E-state index in [1.54, 1.807) is 6.07 Å². The molecule has 1 aromatic rings. The summed E-state index contributed by atoms with van der Waals surface area (Å²) in [5.41, 5.74) is 4.07. The number of rotatable bonds is 8. The Morgan fingerprint density at radius 3 is 2.64 bits per heavy atom. The lowest BCUT2D eigenvalue weighted by molar-refractivity contribution is 0.194. The van der Waals surface area contributed by atoms with Crippen LogP contribution >= 0.6 is 0 Å². The molecule has 0 saturated carbocycles. The van der Waals surface area contributed by atoms with E-state index in [1.807, 2.05) is 6.92 Å². The van der Waals surface area contributed by atoms with Crippen LogP contribution in [0.2, 0.25) is 0 Å². The maximum absolute atomic E-state index is 11.1. The topological polar surface area (TPSA) is 89.8 Å². The van der Waals surface area contributed by atoms with Crippen LogP contribution in [0.15, 0.2) is 29.9 Å². The van der Waals surface area contributed by atoms with Crippen molar-refractivity contribution in [2.75, 3.05) is 0 Å². The number of carbonyl (C=O) groups is 1. The minimum Gasteiger partial charge on any atom is -0.507 e. The van der Waals surface area contributed by atoms with Gasteiger partial charge in [0.25, 0.3) is 0 Å². The number of unbranched alkanes of at least 4 members (excludes halogenated alkanes) is 2. The van der Waals surface area contributed by atoms with Crippen LogP contribution in [0.4, 0.5) is 4.79 Å². The van der Waals surface area contributed by atoms with E-state index in [0.717, 1.165) is 43.2 Å². The van der Waals surface area contributed by atoms with Gasteiger partial charge in [0.2, 0.25) is 0 Å². The van der Waals surface area contributed by atoms with E-state index in [-0.39, 0.29) is 29.9 Å². The molecule has 1 amide bonds. The molecule has 1 aliphatic carbocycles. The molecule has 154 valence electrons. The van der Waals surface area contributed by atoms with Gasteiger partial charge < -0.3 is 20.6 Å². The second-order valence-electron chi connectivity index (χ2n) is 7.94. The van der Waals surface area contributed by atoms with Gasteiger partial charge in [0, 0.05) is 17.0 Å². The quantitative estimate of drug-likeness (QED) is 0.344. The molecule has 5 heteroatoms. The zero-order valence-corrected chi connectivity index (χ0v) is 17.2. The summed E-state index contributed by atoms with van der Waals surface area (Å²) in [6.07, 6.45) is 6.56. The van der Waals surface area contributed by atoms with E-state index in [0.29, 0.717) is 17.5 Å². The molecule has 5 nitrogen and oxygen atoms in total. The predicted octanol–water partition coefficient (Wildman–Crippen LogP) is 5.61. The second kappa shape index (κ2) is 9.67. The van der Waals surface area contributed by atoms with Gasteiger partial charge in [-0.05, 0) is 57.1 Å². The second-order valence-corrected chi connectivity index (χ2v) is 7.94. The van der Waals surface area contributed by atoms with Gasteiger partial charge in [-0.15, -0.1) is 0 Å². The summed E-state index contributed by atoms with van der Waals surface area (Å²) in [5, 5.41) is 33.3. The van der Waals surface area contributed by atoms with Crippen LogP contribution in [-0.4, -0.2) is 21.4 Å². The van der Waals surface area contributed by atoms with E-state index in [4.69, 9.17) is 5.11 Å². The fourth-order valence-electron chi connectivity index (χ4n) is 4.15. The molecule has 1 aromatic carbocycles. The van der Waals surface area contributed by atoms with Gasteiger partial charge in [-0.1, -0.05) is 43.6 Å². The molecule has 0 saturated heterocycles. The van der Waals surface area contributed by atoms with Crippen LogP contribution in [-0.2, 0) is 13.0 Å². The van der Waals surface area contributed by atoms with E-state index in [9.17, 15) is 15.0 Å². The number of phenolic OH excluding ortho intramolecular Hbond substituents is 2. The van der Waals surface area contributed by atoms with Crippen LogP contribution in [0.1, 0.15) is 75.5 Å². The summed E-state index contributed by atoms with van der Waals surface area (Å²) < 4.78 is 0. The number of allylic oxidation sites excluding steroid dienone is 3. The van der Waals surface area contributed by atoms with Crippen molar-refractivity contribution < 1.29 is 20.1 Å². The molecule has 0 fully saturated rings. The number of aromatic hydroxyl groups is 2.